The molecule has 0 amide bonds. The van der Waals surface area contributed by atoms with Crippen molar-refractivity contribution in [2.75, 3.05) is 13.1 Å². The molecule has 0 radical (unpaired) electrons. The fraction of sp³-hybridized carbons (Fsp3) is 0.304. The third-order valence-corrected chi connectivity index (χ3v) is 9.74. The van der Waals surface area contributed by atoms with Gasteiger partial charge < -0.3 is 0 Å². The van der Waals surface area contributed by atoms with E-state index < -0.39 is 6.19 Å². The van der Waals surface area contributed by atoms with E-state index in [0.29, 0.717) is 21.9 Å². The van der Waals surface area contributed by atoms with Crippen LogP contribution in [0.2, 0.25) is 0 Å². The Kier molecular flexibility index (Phi) is 7.59. The molecular weight excluding hydrogens is 424 g/mol. The van der Waals surface area contributed by atoms with Crippen LogP contribution in [0.3, 0.4) is 0 Å². The number of nitrogens with zero attached hydrogens (tertiary/aromatic N) is 1. The molecule has 0 aliphatic carbocycles. The highest BCUT2D eigenvalue weighted by Crippen LogP contribution is 2.58. The van der Waals surface area contributed by atoms with Crippen molar-refractivity contribution >= 4 is 51.3 Å². The summed E-state index contributed by atoms with van der Waals surface area (Å²) in [5, 5.41) is 1.40. The first kappa shape index (κ1) is 21.8. The Morgan fingerprint density at radius 3 is 1.64 bits per heavy atom. The molecule has 0 saturated carbocycles. The third kappa shape index (κ3) is 5.59. The van der Waals surface area contributed by atoms with Crippen molar-refractivity contribution in [2.45, 2.75) is 20.3 Å². The maximum absolute atomic E-state index is 6.74. The minimum absolute atomic E-state index is 0.610. The van der Waals surface area contributed by atoms with Crippen molar-refractivity contribution in [3.63, 3.8) is 0 Å². The molecule has 1 aliphatic rings. The van der Waals surface area contributed by atoms with Crippen molar-refractivity contribution < 1.29 is 0 Å². The average molecular weight is 450 g/mol. The van der Waals surface area contributed by atoms with Crippen LogP contribution in [0.15, 0.2) is 72.3 Å². The zero-order valence-electron chi connectivity index (χ0n) is 16.3. The minimum atomic E-state index is -2.23. The second-order valence-corrected chi connectivity index (χ2v) is 12.7. The fourth-order valence-electron chi connectivity index (χ4n) is 3.75. The van der Waals surface area contributed by atoms with Crippen molar-refractivity contribution in [3.8, 4) is 0 Å². The highest BCUT2D eigenvalue weighted by Gasteiger charge is 2.30. The summed E-state index contributed by atoms with van der Waals surface area (Å²) >= 11 is 19.8. The summed E-state index contributed by atoms with van der Waals surface area (Å²) in [6, 6.07) is 20.0. The topological polar surface area (TPSA) is 3.24 Å². The first-order valence-corrected chi connectivity index (χ1v) is 13.2. The van der Waals surface area contributed by atoms with Gasteiger partial charge in [-0.05, 0) is 41.0 Å². The van der Waals surface area contributed by atoms with E-state index in [-0.39, 0.29) is 0 Å². The van der Waals surface area contributed by atoms with Crippen molar-refractivity contribution in [1.82, 2.24) is 4.67 Å². The van der Waals surface area contributed by atoms with Crippen LogP contribution in [-0.2, 0) is 11.8 Å². The van der Waals surface area contributed by atoms with Gasteiger partial charge in [-0.1, -0.05) is 110 Å². The lowest BCUT2D eigenvalue weighted by molar-refractivity contribution is 0.232. The first-order chi connectivity index (χ1) is 13.4. The van der Waals surface area contributed by atoms with Crippen LogP contribution in [0.5, 0.6) is 0 Å². The molecule has 2 aromatic rings. The Morgan fingerprint density at radius 2 is 1.25 bits per heavy atom. The summed E-state index contributed by atoms with van der Waals surface area (Å²) in [7, 11) is 0. The molecular formula is C23H26Cl2NPS. The summed E-state index contributed by atoms with van der Waals surface area (Å²) in [6.45, 7) is 6.56. The van der Waals surface area contributed by atoms with Crippen LogP contribution in [0.4, 0.5) is 0 Å². The van der Waals surface area contributed by atoms with Gasteiger partial charge in [0.05, 0.1) is 16.3 Å². The van der Waals surface area contributed by atoms with Gasteiger partial charge in [0, 0.05) is 13.1 Å². The Balaban J connectivity index is 2.04. The lowest BCUT2D eigenvalue weighted by atomic mass is 9.94. The van der Waals surface area contributed by atoms with E-state index in [1.807, 2.05) is 60.7 Å². The molecule has 1 nitrogen and oxygen atoms in total. The highest BCUT2D eigenvalue weighted by molar-refractivity contribution is 8.16. The van der Waals surface area contributed by atoms with E-state index in [2.05, 4.69) is 30.2 Å². The summed E-state index contributed by atoms with van der Waals surface area (Å²) < 4.78 is 2.44. The monoisotopic (exact) mass is 449 g/mol. The molecule has 0 bridgehead atoms. The number of hydrogen-bond donors (Lipinski definition) is 0. The molecule has 0 aromatic heterocycles. The maximum atomic E-state index is 6.74. The largest absolute Gasteiger partial charge is 0.268 e. The predicted molar refractivity (Wildman–Crippen MR) is 129 cm³/mol. The molecule has 0 spiro atoms. The SMILES string of the molecule is C[C@H]1C[C@H](C)CN(P(=S)(/C=C(\Cl)c2ccccc2)/C=C(\Cl)c2ccccc2)C1. The number of benzene rings is 2. The number of rotatable bonds is 5. The molecule has 3 rings (SSSR count). The number of halogens is 2. The minimum Gasteiger partial charge on any atom is -0.268 e. The summed E-state index contributed by atoms with van der Waals surface area (Å²) in [4.78, 5) is 0. The van der Waals surface area contributed by atoms with Crippen LogP contribution in [0.1, 0.15) is 31.4 Å². The second kappa shape index (κ2) is 9.74. The number of hydrogen-bond acceptors (Lipinski definition) is 1. The molecule has 2 aromatic carbocycles. The van der Waals surface area contributed by atoms with Gasteiger partial charge in [0.15, 0.2) is 0 Å². The van der Waals surface area contributed by atoms with E-state index in [4.69, 9.17) is 35.0 Å². The smallest absolute Gasteiger partial charge is 0.0600 e. The van der Waals surface area contributed by atoms with E-state index in [1.54, 1.807) is 0 Å². The molecule has 1 fully saturated rings. The molecule has 1 aliphatic heterocycles. The van der Waals surface area contributed by atoms with Crippen LogP contribution in [-0.4, -0.2) is 17.8 Å². The van der Waals surface area contributed by atoms with Crippen LogP contribution in [0.25, 0.3) is 10.1 Å². The Hall–Kier alpha value is -0.890. The fourth-order valence-corrected chi connectivity index (χ4v) is 8.70. The van der Waals surface area contributed by atoms with Gasteiger partial charge in [0.1, 0.15) is 0 Å². The Labute approximate surface area is 184 Å². The second-order valence-electron chi connectivity index (χ2n) is 7.68. The van der Waals surface area contributed by atoms with Gasteiger partial charge in [-0.25, -0.2) is 0 Å². The molecule has 1 saturated heterocycles. The zero-order chi connectivity index (χ0) is 20.1. The first-order valence-electron chi connectivity index (χ1n) is 9.60. The molecule has 2 atom stereocenters. The van der Waals surface area contributed by atoms with Crippen LogP contribution >= 0.6 is 29.4 Å². The molecule has 0 unspecified atom stereocenters. The quantitative estimate of drug-likeness (QED) is 0.427. The lowest BCUT2D eigenvalue weighted by Crippen LogP contribution is -2.35. The normalized spacial score (nSPS) is 22.3. The zero-order valence-corrected chi connectivity index (χ0v) is 19.5. The molecule has 28 heavy (non-hydrogen) atoms. The van der Waals surface area contributed by atoms with Crippen molar-refractivity contribution in [1.29, 1.82) is 0 Å². The van der Waals surface area contributed by atoms with Crippen molar-refractivity contribution in [2.24, 2.45) is 11.8 Å². The van der Waals surface area contributed by atoms with Crippen LogP contribution in [0, 0.1) is 11.8 Å². The summed E-state index contributed by atoms with van der Waals surface area (Å²) in [5.74, 6) is 5.38. The average Bonchev–Trinajstić information content (AvgIpc) is 2.68. The third-order valence-electron chi connectivity index (χ3n) is 4.99. The summed E-state index contributed by atoms with van der Waals surface area (Å²) in [6.07, 6.45) is -1.000. The van der Waals surface area contributed by atoms with E-state index in [0.717, 1.165) is 24.2 Å². The van der Waals surface area contributed by atoms with Crippen molar-refractivity contribution in [3.05, 3.63) is 83.4 Å². The predicted octanol–water partition coefficient (Wildman–Crippen LogP) is 7.83. The highest BCUT2D eigenvalue weighted by atomic mass is 35.5. The van der Waals surface area contributed by atoms with E-state index >= 15 is 0 Å². The van der Waals surface area contributed by atoms with Gasteiger partial charge in [0.25, 0.3) is 0 Å². The maximum Gasteiger partial charge on any atom is 0.0600 e. The van der Waals surface area contributed by atoms with Gasteiger partial charge in [-0.15, -0.1) is 0 Å². The van der Waals surface area contributed by atoms with Gasteiger partial charge in [-0.2, -0.15) is 0 Å². The summed E-state index contributed by atoms with van der Waals surface area (Å²) in [5.41, 5.74) is 1.97. The molecule has 5 heteroatoms. The standard InChI is InChI=1S/C23H26Cl2NPS/c1-18-13-19(2)15-26(14-18)27(28,16-22(24)20-9-5-3-6-10-20)17-23(25)21-11-7-4-8-12-21/h3-12,16-19H,13-15H2,1-2H3/b22-16-,23-17-/t18-,19-/m0/s1. The molecule has 0 N–H and O–H groups in total. The number of piperidine rings is 1. The van der Waals surface area contributed by atoms with E-state index in [9.17, 15) is 0 Å². The van der Waals surface area contributed by atoms with Gasteiger partial charge >= 0.3 is 0 Å². The van der Waals surface area contributed by atoms with Crippen LogP contribution < -0.4 is 0 Å². The Bertz CT molecular complexity index is 826. The lowest BCUT2D eigenvalue weighted by Gasteiger charge is -2.40. The van der Waals surface area contributed by atoms with Gasteiger partial charge in [0.2, 0.25) is 0 Å². The van der Waals surface area contributed by atoms with E-state index in [1.165, 1.54) is 6.42 Å². The molecule has 1 heterocycles. The van der Waals surface area contributed by atoms with Gasteiger partial charge in [-0.3, -0.25) is 4.67 Å². The molecule has 148 valence electrons. The Morgan fingerprint density at radius 1 is 0.857 bits per heavy atom.